The Balaban J connectivity index is 2.19. The summed E-state index contributed by atoms with van der Waals surface area (Å²) in [5, 5.41) is 0.280. The van der Waals surface area contributed by atoms with Crippen molar-refractivity contribution < 1.29 is 0 Å². The van der Waals surface area contributed by atoms with Crippen LogP contribution in [0.3, 0.4) is 0 Å². The molecule has 1 aromatic heterocycles. The average Bonchev–Trinajstić information content (AvgIpc) is 2.35. The molecule has 1 aromatic carbocycles. The van der Waals surface area contributed by atoms with Crippen molar-refractivity contribution in [3.63, 3.8) is 0 Å². The van der Waals surface area contributed by atoms with E-state index in [1.807, 2.05) is 36.2 Å². The third kappa shape index (κ3) is 2.91. The molecule has 18 heavy (non-hydrogen) atoms. The summed E-state index contributed by atoms with van der Waals surface area (Å²) < 4.78 is 1.05. The normalized spacial score (nSPS) is 10.4. The molecule has 0 radical (unpaired) electrons. The highest BCUT2D eigenvalue weighted by Crippen LogP contribution is 2.25. The van der Waals surface area contributed by atoms with E-state index in [-0.39, 0.29) is 5.15 Å². The van der Waals surface area contributed by atoms with Gasteiger partial charge in [-0.15, -0.1) is 0 Å². The SMILES string of the molecule is CN(Cc1ccc(Br)cc1)c1ncnc(Cl)c1N. The number of rotatable bonds is 3. The summed E-state index contributed by atoms with van der Waals surface area (Å²) in [5.41, 5.74) is 7.42. The summed E-state index contributed by atoms with van der Waals surface area (Å²) in [6.45, 7) is 0.699. The van der Waals surface area contributed by atoms with Crippen molar-refractivity contribution in [2.24, 2.45) is 0 Å². The molecule has 0 saturated heterocycles. The Hall–Kier alpha value is -1.33. The summed E-state index contributed by atoms with van der Waals surface area (Å²) in [6.07, 6.45) is 1.41. The van der Waals surface area contributed by atoms with Crippen molar-refractivity contribution in [2.75, 3.05) is 17.7 Å². The van der Waals surface area contributed by atoms with Crippen LogP contribution in [-0.2, 0) is 6.54 Å². The van der Waals surface area contributed by atoms with Gasteiger partial charge in [-0.3, -0.25) is 0 Å². The van der Waals surface area contributed by atoms with E-state index in [1.54, 1.807) is 0 Å². The molecule has 0 spiro atoms. The predicted molar refractivity (Wildman–Crippen MR) is 77.7 cm³/mol. The van der Waals surface area contributed by atoms with E-state index in [0.29, 0.717) is 18.1 Å². The van der Waals surface area contributed by atoms with Gasteiger partial charge < -0.3 is 10.6 Å². The van der Waals surface area contributed by atoms with Crippen molar-refractivity contribution >= 4 is 39.0 Å². The Labute approximate surface area is 119 Å². The third-order valence-corrected chi connectivity index (χ3v) is 3.34. The summed E-state index contributed by atoms with van der Waals surface area (Å²) >= 11 is 9.28. The Morgan fingerprint density at radius 1 is 1.28 bits per heavy atom. The molecule has 0 fully saturated rings. The van der Waals surface area contributed by atoms with Gasteiger partial charge in [-0.05, 0) is 17.7 Å². The van der Waals surface area contributed by atoms with Crippen LogP contribution < -0.4 is 10.6 Å². The van der Waals surface area contributed by atoms with Gasteiger partial charge in [-0.25, -0.2) is 9.97 Å². The Bertz CT molecular complexity index is 544. The monoisotopic (exact) mass is 326 g/mol. The van der Waals surface area contributed by atoms with Crippen LogP contribution >= 0.6 is 27.5 Å². The molecule has 0 unspecified atom stereocenters. The van der Waals surface area contributed by atoms with Crippen LogP contribution in [0.5, 0.6) is 0 Å². The first-order valence-electron chi connectivity index (χ1n) is 5.29. The molecule has 0 amide bonds. The van der Waals surface area contributed by atoms with Gasteiger partial charge in [0, 0.05) is 18.1 Å². The highest BCUT2D eigenvalue weighted by molar-refractivity contribution is 9.10. The van der Waals surface area contributed by atoms with E-state index < -0.39 is 0 Å². The lowest BCUT2D eigenvalue weighted by atomic mass is 10.2. The van der Waals surface area contributed by atoms with Gasteiger partial charge in [0.15, 0.2) is 11.0 Å². The van der Waals surface area contributed by atoms with Crippen molar-refractivity contribution in [2.45, 2.75) is 6.54 Å². The molecule has 2 N–H and O–H groups in total. The van der Waals surface area contributed by atoms with Crippen LogP contribution in [0.1, 0.15) is 5.56 Å². The minimum absolute atomic E-state index is 0.280. The molecule has 1 heterocycles. The molecule has 0 bridgehead atoms. The number of halogens is 2. The van der Waals surface area contributed by atoms with Gasteiger partial charge in [-0.1, -0.05) is 39.7 Å². The minimum Gasteiger partial charge on any atom is -0.393 e. The van der Waals surface area contributed by atoms with E-state index in [0.717, 1.165) is 10.0 Å². The van der Waals surface area contributed by atoms with E-state index in [2.05, 4.69) is 25.9 Å². The van der Waals surface area contributed by atoms with E-state index in [4.69, 9.17) is 17.3 Å². The Kier molecular flexibility index (Phi) is 4.04. The molecule has 0 saturated carbocycles. The van der Waals surface area contributed by atoms with Gasteiger partial charge in [0.2, 0.25) is 0 Å². The maximum absolute atomic E-state index is 5.87. The van der Waals surface area contributed by atoms with Crippen molar-refractivity contribution in [3.05, 3.63) is 45.8 Å². The summed E-state index contributed by atoms with van der Waals surface area (Å²) in [5.74, 6) is 0.637. The van der Waals surface area contributed by atoms with Gasteiger partial charge in [0.1, 0.15) is 12.0 Å². The second-order valence-electron chi connectivity index (χ2n) is 3.88. The number of benzene rings is 1. The Morgan fingerprint density at radius 3 is 2.61 bits per heavy atom. The minimum atomic E-state index is 0.280. The smallest absolute Gasteiger partial charge is 0.157 e. The van der Waals surface area contributed by atoms with E-state index in [9.17, 15) is 0 Å². The molecule has 0 aliphatic rings. The lowest BCUT2D eigenvalue weighted by Gasteiger charge is -2.19. The average molecular weight is 328 g/mol. The maximum Gasteiger partial charge on any atom is 0.157 e. The molecule has 0 aliphatic carbocycles. The highest BCUT2D eigenvalue weighted by atomic mass is 79.9. The predicted octanol–water partition coefficient (Wildman–Crippen LogP) is 3.11. The molecule has 0 aliphatic heterocycles. The van der Waals surface area contributed by atoms with Crippen molar-refractivity contribution in [1.29, 1.82) is 0 Å². The van der Waals surface area contributed by atoms with E-state index in [1.165, 1.54) is 6.33 Å². The first-order chi connectivity index (χ1) is 8.58. The van der Waals surface area contributed by atoms with Crippen LogP contribution in [0.4, 0.5) is 11.5 Å². The molecule has 2 aromatic rings. The van der Waals surface area contributed by atoms with E-state index >= 15 is 0 Å². The zero-order chi connectivity index (χ0) is 13.1. The summed E-state index contributed by atoms with van der Waals surface area (Å²) in [4.78, 5) is 9.92. The first kappa shape index (κ1) is 13.1. The molecule has 0 atom stereocenters. The van der Waals surface area contributed by atoms with Crippen molar-refractivity contribution in [3.8, 4) is 0 Å². The second-order valence-corrected chi connectivity index (χ2v) is 5.16. The first-order valence-corrected chi connectivity index (χ1v) is 6.46. The zero-order valence-electron chi connectivity index (χ0n) is 9.77. The fourth-order valence-electron chi connectivity index (χ4n) is 1.61. The molecule has 2 rings (SSSR count). The number of hydrogen-bond acceptors (Lipinski definition) is 4. The molecule has 94 valence electrons. The number of nitrogen functional groups attached to an aromatic ring is 1. The number of hydrogen-bond donors (Lipinski definition) is 1. The van der Waals surface area contributed by atoms with Crippen LogP contribution in [0.15, 0.2) is 35.1 Å². The molecular weight excluding hydrogens is 316 g/mol. The largest absolute Gasteiger partial charge is 0.393 e. The molecular formula is C12H12BrClN4. The van der Waals surface area contributed by atoms with Gasteiger partial charge in [0.05, 0.1) is 0 Å². The fraction of sp³-hybridized carbons (Fsp3) is 0.167. The lowest BCUT2D eigenvalue weighted by molar-refractivity contribution is 0.893. The van der Waals surface area contributed by atoms with Crippen LogP contribution in [-0.4, -0.2) is 17.0 Å². The third-order valence-electron chi connectivity index (χ3n) is 2.51. The van der Waals surface area contributed by atoms with Crippen LogP contribution in [0.2, 0.25) is 5.15 Å². The summed E-state index contributed by atoms with van der Waals surface area (Å²) in [6, 6.07) is 8.08. The quantitative estimate of drug-likeness (QED) is 0.880. The van der Waals surface area contributed by atoms with Gasteiger partial charge in [0.25, 0.3) is 0 Å². The van der Waals surface area contributed by atoms with Crippen LogP contribution in [0.25, 0.3) is 0 Å². The lowest BCUT2D eigenvalue weighted by Crippen LogP contribution is -2.19. The fourth-order valence-corrected chi connectivity index (χ4v) is 2.00. The summed E-state index contributed by atoms with van der Waals surface area (Å²) in [7, 11) is 1.91. The molecule has 6 heteroatoms. The van der Waals surface area contributed by atoms with Gasteiger partial charge in [-0.2, -0.15) is 0 Å². The van der Waals surface area contributed by atoms with Crippen molar-refractivity contribution in [1.82, 2.24) is 9.97 Å². The highest BCUT2D eigenvalue weighted by Gasteiger charge is 2.10. The van der Waals surface area contributed by atoms with Gasteiger partial charge >= 0.3 is 0 Å². The standard InChI is InChI=1S/C12H12BrClN4/c1-18(6-8-2-4-9(13)5-3-8)12-10(15)11(14)16-7-17-12/h2-5,7H,6,15H2,1H3. The second kappa shape index (κ2) is 5.54. The number of aromatic nitrogens is 2. The maximum atomic E-state index is 5.87. The number of nitrogens with two attached hydrogens (primary N) is 1. The van der Waals surface area contributed by atoms with Crippen LogP contribution in [0, 0.1) is 0 Å². The number of nitrogens with zero attached hydrogens (tertiary/aromatic N) is 3. The number of anilines is 2. The zero-order valence-corrected chi connectivity index (χ0v) is 12.1. The molecule has 4 nitrogen and oxygen atoms in total. The topological polar surface area (TPSA) is 55.0 Å². The Morgan fingerprint density at radius 2 is 1.94 bits per heavy atom.